The molecule has 0 fully saturated rings. The molecule has 4 heteroatoms. The van der Waals surface area contributed by atoms with Gasteiger partial charge in [0, 0.05) is 11.0 Å². The molecule has 2 amide bonds. The van der Waals surface area contributed by atoms with Gasteiger partial charge in [0.25, 0.3) is 0 Å². The molecule has 0 aliphatic rings. The molecular formula is C14H21BrN2O. The zero-order chi connectivity index (χ0) is 13.8. The predicted molar refractivity (Wildman–Crippen MR) is 78.5 cm³/mol. The van der Waals surface area contributed by atoms with Crippen LogP contribution in [0.2, 0.25) is 0 Å². The van der Waals surface area contributed by atoms with Crippen LogP contribution in [-0.4, -0.2) is 12.6 Å². The van der Waals surface area contributed by atoms with Crippen molar-refractivity contribution in [1.29, 1.82) is 0 Å². The van der Waals surface area contributed by atoms with Gasteiger partial charge < -0.3 is 10.6 Å². The summed E-state index contributed by atoms with van der Waals surface area (Å²) >= 11 is 3.49. The van der Waals surface area contributed by atoms with E-state index in [9.17, 15) is 4.79 Å². The summed E-state index contributed by atoms with van der Waals surface area (Å²) in [5, 5.41) is 5.81. The van der Waals surface area contributed by atoms with E-state index >= 15 is 0 Å². The van der Waals surface area contributed by atoms with Gasteiger partial charge in [-0.15, -0.1) is 0 Å². The standard InChI is InChI=1S/C14H21BrN2O/c1-10(11-7-5-6-8-12(11)15)17-13(18)16-9-14(2,3)4/h5-8,10H,9H2,1-4H3,(H2,16,17,18). The summed E-state index contributed by atoms with van der Waals surface area (Å²) < 4.78 is 1.01. The van der Waals surface area contributed by atoms with Gasteiger partial charge in [0.1, 0.15) is 0 Å². The van der Waals surface area contributed by atoms with E-state index < -0.39 is 0 Å². The molecule has 0 aliphatic carbocycles. The highest BCUT2D eigenvalue weighted by Crippen LogP contribution is 2.22. The third-order valence-electron chi connectivity index (χ3n) is 2.50. The highest BCUT2D eigenvalue weighted by molar-refractivity contribution is 9.10. The Morgan fingerprint density at radius 3 is 2.50 bits per heavy atom. The van der Waals surface area contributed by atoms with E-state index in [0.29, 0.717) is 6.54 Å². The van der Waals surface area contributed by atoms with E-state index in [1.807, 2.05) is 31.2 Å². The van der Waals surface area contributed by atoms with Gasteiger partial charge in [0.05, 0.1) is 6.04 Å². The lowest BCUT2D eigenvalue weighted by Crippen LogP contribution is -2.40. The van der Waals surface area contributed by atoms with Gasteiger partial charge in [-0.2, -0.15) is 0 Å². The minimum Gasteiger partial charge on any atom is -0.338 e. The molecule has 0 radical (unpaired) electrons. The normalized spacial score (nSPS) is 12.9. The van der Waals surface area contributed by atoms with Crippen molar-refractivity contribution in [2.75, 3.05) is 6.54 Å². The van der Waals surface area contributed by atoms with E-state index in [-0.39, 0.29) is 17.5 Å². The first-order valence-corrected chi connectivity index (χ1v) is 6.88. The molecule has 100 valence electrons. The Morgan fingerprint density at radius 2 is 1.94 bits per heavy atom. The maximum absolute atomic E-state index is 11.7. The van der Waals surface area contributed by atoms with Crippen molar-refractivity contribution < 1.29 is 4.79 Å². The fourth-order valence-electron chi connectivity index (χ4n) is 1.50. The molecule has 1 unspecified atom stereocenters. The van der Waals surface area contributed by atoms with E-state index in [4.69, 9.17) is 0 Å². The maximum atomic E-state index is 11.7. The molecule has 18 heavy (non-hydrogen) atoms. The first kappa shape index (κ1) is 15.0. The van der Waals surface area contributed by atoms with Gasteiger partial charge >= 0.3 is 6.03 Å². The number of urea groups is 1. The van der Waals surface area contributed by atoms with Crippen LogP contribution in [-0.2, 0) is 0 Å². The molecule has 1 rings (SSSR count). The van der Waals surface area contributed by atoms with Gasteiger partial charge in [0.15, 0.2) is 0 Å². The minimum absolute atomic E-state index is 0.0273. The molecule has 0 spiro atoms. The van der Waals surface area contributed by atoms with Crippen molar-refractivity contribution >= 4 is 22.0 Å². The maximum Gasteiger partial charge on any atom is 0.315 e. The lowest BCUT2D eigenvalue weighted by atomic mass is 9.97. The van der Waals surface area contributed by atoms with E-state index in [1.54, 1.807) is 0 Å². The summed E-state index contributed by atoms with van der Waals surface area (Å²) in [5.74, 6) is 0. The van der Waals surface area contributed by atoms with Crippen LogP contribution in [0, 0.1) is 5.41 Å². The Bertz CT molecular complexity index is 413. The number of rotatable bonds is 3. The smallest absolute Gasteiger partial charge is 0.315 e. The second kappa shape index (κ2) is 6.23. The molecule has 0 aliphatic heterocycles. The first-order chi connectivity index (χ1) is 8.29. The van der Waals surface area contributed by atoms with Gasteiger partial charge in [-0.1, -0.05) is 54.9 Å². The Hall–Kier alpha value is -1.03. The van der Waals surface area contributed by atoms with E-state index in [0.717, 1.165) is 10.0 Å². The summed E-state index contributed by atoms with van der Waals surface area (Å²) in [6.45, 7) is 8.89. The molecule has 0 bridgehead atoms. The number of benzene rings is 1. The molecule has 1 aromatic rings. The molecule has 0 saturated carbocycles. The molecule has 0 heterocycles. The van der Waals surface area contributed by atoms with Crippen LogP contribution in [0.5, 0.6) is 0 Å². The van der Waals surface area contributed by atoms with E-state index in [2.05, 4.69) is 47.3 Å². The molecular weight excluding hydrogens is 292 g/mol. The molecule has 1 atom stereocenters. The zero-order valence-corrected chi connectivity index (χ0v) is 13.0. The zero-order valence-electron chi connectivity index (χ0n) is 11.4. The Morgan fingerprint density at radius 1 is 1.33 bits per heavy atom. The van der Waals surface area contributed by atoms with Crippen LogP contribution in [0.4, 0.5) is 4.79 Å². The van der Waals surface area contributed by atoms with Crippen LogP contribution in [0.25, 0.3) is 0 Å². The van der Waals surface area contributed by atoms with Crippen LogP contribution in [0.1, 0.15) is 39.3 Å². The largest absolute Gasteiger partial charge is 0.338 e. The summed E-state index contributed by atoms with van der Waals surface area (Å²) in [7, 11) is 0. The van der Waals surface area contributed by atoms with Crippen molar-refractivity contribution in [3.63, 3.8) is 0 Å². The van der Waals surface area contributed by atoms with Gasteiger partial charge in [0.2, 0.25) is 0 Å². The number of carbonyl (C=O) groups is 1. The number of hydrogen-bond donors (Lipinski definition) is 2. The third kappa shape index (κ3) is 5.08. The molecule has 1 aromatic carbocycles. The van der Waals surface area contributed by atoms with Gasteiger partial charge in [-0.25, -0.2) is 4.79 Å². The fourth-order valence-corrected chi connectivity index (χ4v) is 2.13. The second-order valence-electron chi connectivity index (χ2n) is 5.63. The Kier molecular flexibility index (Phi) is 5.20. The number of carbonyl (C=O) groups excluding carboxylic acids is 1. The molecule has 0 saturated heterocycles. The topological polar surface area (TPSA) is 41.1 Å². The van der Waals surface area contributed by atoms with Crippen LogP contribution < -0.4 is 10.6 Å². The van der Waals surface area contributed by atoms with Crippen molar-refractivity contribution in [2.24, 2.45) is 5.41 Å². The third-order valence-corrected chi connectivity index (χ3v) is 3.22. The first-order valence-electron chi connectivity index (χ1n) is 6.08. The van der Waals surface area contributed by atoms with Gasteiger partial charge in [-0.05, 0) is 24.0 Å². The van der Waals surface area contributed by atoms with Crippen LogP contribution in [0.3, 0.4) is 0 Å². The van der Waals surface area contributed by atoms with Crippen molar-refractivity contribution in [1.82, 2.24) is 10.6 Å². The van der Waals surface area contributed by atoms with Crippen molar-refractivity contribution in [3.05, 3.63) is 34.3 Å². The molecule has 2 N–H and O–H groups in total. The highest BCUT2D eigenvalue weighted by Gasteiger charge is 2.14. The van der Waals surface area contributed by atoms with Crippen molar-refractivity contribution in [2.45, 2.75) is 33.7 Å². The summed E-state index contributed by atoms with van der Waals surface area (Å²) in [5.41, 5.74) is 1.16. The number of halogens is 1. The predicted octanol–water partition coefficient (Wildman–Crippen LogP) is 3.86. The second-order valence-corrected chi connectivity index (χ2v) is 6.49. The highest BCUT2D eigenvalue weighted by atomic mass is 79.9. The average molecular weight is 313 g/mol. The van der Waals surface area contributed by atoms with Crippen molar-refractivity contribution in [3.8, 4) is 0 Å². The number of amides is 2. The number of nitrogens with one attached hydrogen (secondary N) is 2. The monoisotopic (exact) mass is 312 g/mol. The fraction of sp³-hybridized carbons (Fsp3) is 0.500. The van der Waals surface area contributed by atoms with Crippen LogP contribution in [0.15, 0.2) is 28.7 Å². The summed E-state index contributed by atoms with van der Waals surface area (Å²) in [4.78, 5) is 11.7. The summed E-state index contributed by atoms with van der Waals surface area (Å²) in [6, 6.07) is 7.73. The van der Waals surface area contributed by atoms with E-state index in [1.165, 1.54) is 0 Å². The molecule has 0 aromatic heterocycles. The Labute approximate surface area is 117 Å². The SMILES string of the molecule is CC(NC(=O)NCC(C)(C)C)c1ccccc1Br. The minimum atomic E-state index is -0.131. The quantitative estimate of drug-likeness (QED) is 0.874. The lowest BCUT2D eigenvalue weighted by molar-refractivity contribution is 0.232. The average Bonchev–Trinajstić information content (AvgIpc) is 2.26. The van der Waals surface area contributed by atoms with Crippen LogP contribution >= 0.6 is 15.9 Å². The number of hydrogen-bond acceptors (Lipinski definition) is 1. The van der Waals surface area contributed by atoms with Gasteiger partial charge in [-0.3, -0.25) is 0 Å². The molecule has 3 nitrogen and oxygen atoms in total. The Balaban J connectivity index is 2.53. The summed E-state index contributed by atoms with van der Waals surface area (Å²) in [6.07, 6.45) is 0. The lowest BCUT2D eigenvalue weighted by Gasteiger charge is -2.21.